The first-order chi connectivity index (χ1) is 17.5. The predicted octanol–water partition coefficient (Wildman–Crippen LogP) is 3.27. The molecule has 0 saturated carbocycles. The third-order valence-electron chi connectivity index (χ3n) is 6.68. The largest absolute Gasteiger partial charge is 0.493 e. The second kappa shape index (κ2) is 12.1. The number of carbonyl (C=O) groups excluding carboxylic acids is 3. The van der Waals surface area contributed by atoms with Gasteiger partial charge in [0.05, 0.1) is 6.04 Å². The molecule has 1 amide bonds. The van der Waals surface area contributed by atoms with Gasteiger partial charge in [0.1, 0.15) is 6.04 Å². The number of piperidine rings is 1. The molecule has 3 N–H and O–H groups in total. The fraction of sp³-hybridized carbons (Fsp3) is 0.423. The summed E-state index contributed by atoms with van der Waals surface area (Å²) in [5, 5.41) is 3.50. The number of aryl methyl sites for hydroxylation is 1. The highest BCUT2D eigenvalue weighted by atomic mass is 32.1. The molecule has 0 aliphatic carbocycles. The quantitative estimate of drug-likeness (QED) is 0.353. The number of hydroxylamine groups is 2. The summed E-state index contributed by atoms with van der Waals surface area (Å²) >= 11 is 4.11. The van der Waals surface area contributed by atoms with Crippen LogP contribution in [0.1, 0.15) is 34.3 Å². The Labute approximate surface area is 218 Å². The summed E-state index contributed by atoms with van der Waals surface area (Å²) in [6, 6.07) is 12.0. The molecule has 0 radical (unpaired) electrons. The van der Waals surface area contributed by atoms with Gasteiger partial charge in [-0.3, -0.25) is 9.59 Å². The van der Waals surface area contributed by atoms with Gasteiger partial charge in [-0.05, 0) is 62.5 Å². The molecule has 0 bridgehead atoms. The van der Waals surface area contributed by atoms with Gasteiger partial charge in [-0.1, -0.05) is 42.5 Å². The molecule has 11 heteroatoms. The van der Waals surface area contributed by atoms with E-state index < -0.39 is 41.3 Å². The molecule has 1 fully saturated rings. The van der Waals surface area contributed by atoms with Crippen LogP contribution in [0.3, 0.4) is 0 Å². The highest BCUT2D eigenvalue weighted by molar-refractivity contribution is 7.80. The Hall–Kier alpha value is -2.89. The van der Waals surface area contributed by atoms with Gasteiger partial charge in [0.15, 0.2) is 5.78 Å². The van der Waals surface area contributed by atoms with E-state index in [1.165, 1.54) is 24.3 Å². The predicted molar refractivity (Wildman–Crippen MR) is 135 cm³/mol. The van der Waals surface area contributed by atoms with Crippen molar-refractivity contribution in [3.05, 3.63) is 71.3 Å². The number of carbonyl (C=O) groups is 3. The Bertz CT molecular complexity index is 1110. The van der Waals surface area contributed by atoms with Crippen LogP contribution in [0.25, 0.3) is 0 Å². The van der Waals surface area contributed by atoms with Crippen molar-refractivity contribution in [1.82, 2.24) is 10.4 Å². The van der Waals surface area contributed by atoms with Gasteiger partial charge in [0.25, 0.3) is 5.91 Å². The number of ketones is 1. The molecule has 0 aromatic heterocycles. The van der Waals surface area contributed by atoms with Gasteiger partial charge in [-0.2, -0.15) is 30.9 Å². The fourth-order valence-corrected chi connectivity index (χ4v) is 4.86. The van der Waals surface area contributed by atoms with Crippen LogP contribution in [0.5, 0.6) is 0 Å². The molecular formula is C26H30F3N3O4S. The Morgan fingerprint density at radius 3 is 2.24 bits per heavy atom. The first kappa shape index (κ1) is 28.7. The van der Waals surface area contributed by atoms with E-state index in [9.17, 15) is 27.6 Å². The number of rotatable bonds is 8. The summed E-state index contributed by atoms with van der Waals surface area (Å²) < 4.78 is 40.1. The third kappa shape index (κ3) is 6.71. The van der Waals surface area contributed by atoms with Crippen LogP contribution in [0.4, 0.5) is 13.2 Å². The van der Waals surface area contributed by atoms with Gasteiger partial charge in [0, 0.05) is 16.7 Å². The zero-order valence-corrected chi connectivity index (χ0v) is 21.2. The van der Waals surface area contributed by atoms with E-state index in [-0.39, 0.29) is 17.7 Å². The smallest absolute Gasteiger partial charge is 0.329 e. The minimum absolute atomic E-state index is 0.0466. The SMILES string of the molecule is Cc1ccccc1CC1(C(C(=O)[C@@H](N)CS)N(OC(=O)C(F)(F)F)C(=O)c2ccccc2)CCNCC1. The molecule has 0 spiro atoms. The summed E-state index contributed by atoms with van der Waals surface area (Å²) in [7, 11) is 0. The van der Waals surface area contributed by atoms with Crippen molar-refractivity contribution in [2.24, 2.45) is 11.1 Å². The average Bonchev–Trinajstić information content (AvgIpc) is 2.89. The van der Waals surface area contributed by atoms with Crippen molar-refractivity contribution < 1.29 is 32.4 Å². The number of alkyl halides is 3. The summed E-state index contributed by atoms with van der Waals surface area (Å²) in [5.41, 5.74) is 6.71. The maximum atomic E-state index is 13.8. The highest BCUT2D eigenvalue weighted by Crippen LogP contribution is 2.41. The zero-order valence-electron chi connectivity index (χ0n) is 20.3. The summed E-state index contributed by atoms with van der Waals surface area (Å²) in [6.45, 7) is 2.76. The van der Waals surface area contributed by atoms with Gasteiger partial charge in [0.2, 0.25) is 0 Å². The maximum absolute atomic E-state index is 13.8. The highest BCUT2D eigenvalue weighted by Gasteiger charge is 2.53. The molecule has 2 atom stereocenters. The number of thiol groups is 1. The van der Waals surface area contributed by atoms with E-state index in [1.54, 1.807) is 6.07 Å². The maximum Gasteiger partial charge on any atom is 0.493 e. The molecule has 37 heavy (non-hydrogen) atoms. The lowest BCUT2D eigenvalue weighted by molar-refractivity contribution is -0.239. The number of hydrogen-bond donors (Lipinski definition) is 3. The lowest BCUT2D eigenvalue weighted by atomic mass is 9.66. The van der Waals surface area contributed by atoms with Crippen molar-refractivity contribution in [3.63, 3.8) is 0 Å². The zero-order chi connectivity index (χ0) is 27.2. The van der Waals surface area contributed by atoms with E-state index >= 15 is 0 Å². The fourth-order valence-electron chi connectivity index (χ4n) is 4.68. The lowest BCUT2D eigenvalue weighted by Crippen LogP contribution is -2.62. The minimum Gasteiger partial charge on any atom is -0.329 e. The monoisotopic (exact) mass is 537 g/mol. The van der Waals surface area contributed by atoms with Crippen molar-refractivity contribution >= 4 is 30.3 Å². The number of nitrogens with two attached hydrogens (primary N) is 1. The van der Waals surface area contributed by atoms with Crippen LogP contribution in [-0.4, -0.2) is 59.8 Å². The minimum atomic E-state index is -5.40. The molecule has 200 valence electrons. The van der Waals surface area contributed by atoms with Crippen molar-refractivity contribution in [3.8, 4) is 0 Å². The summed E-state index contributed by atoms with van der Waals surface area (Å²) in [5.74, 6) is -4.50. The topological polar surface area (TPSA) is 102 Å². The molecule has 3 rings (SSSR count). The number of nitrogens with one attached hydrogen (secondary N) is 1. The van der Waals surface area contributed by atoms with E-state index in [0.29, 0.717) is 31.0 Å². The summed E-state index contributed by atoms with van der Waals surface area (Å²) in [6.07, 6.45) is -4.51. The van der Waals surface area contributed by atoms with Crippen molar-refractivity contribution in [1.29, 1.82) is 0 Å². The first-order valence-electron chi connectivity index (χ1n) is 11.8. The van der Waals surface area contributed by atoms with Crippen molar-refractivity contribution in [2.75, 3.05) is 18.8 Å². The Morgan fingerprint density at radius 1 is 1.08 bits per heavy atom. The number of nitrogens with zero attached hydrogens (tertiary/aromatic N) is 1. The third-order valence-corrected chi connectivity index (χ3v) is 7.08. The first-order valence-corrected chi connectivity index (χ1v) is 12.5. The Balaban J connectivity index is 2.21. The molecule has 1 unspecified atom stereocenters. The standard InChI is InChI=1S/C26H30F3N3O4S/c1-17-7-5-6-10-19(17)15-25(11-13-31-14-12-25)22(21(33)20(30)16-37)32(36-24(35)26(27,28)29)23(34)18-8-3-2-4-9-18/h2-10,20,22,31,37H,11-16,30H2,1H3/t20-,22?/m0/s1. The molecular weight excluding hydrogens is 507 g/mol. The molecule has 7 nitrogen and oxygen atoms in total. The molecule has 1 heterocycles. The van der Waals surface area contributed by atoms with Crippen LogP contribution in [0.15, 0.2) is 54.6 Å². The number of hydrogen-bond acceptors (Lipinski definition) is 7. The van der Waals surface area contributed by atoms with Crippen LogP contribution in [-0.2, 0) is 20.8 Å². The van der Waals surface area contributed by atoms with E-state index in [2.05, 4.69) is 17.9 Å². The number of amides is 1. The second-order valence-electron chi connectivity index (χ2n) is 9.18. The normalized spacial score (nSPS) is 16.9. The molecule has 2 aromatic carbocycles. The molecule has 2 aromatic rings. The molecule has 1 aliphatic rings. The van der Waals surface area contributed by atoms with Gasteiger partial charge in [-0.25, -0.2) is 4.79 Å². The van der Waals surface area contributed by atoms with Gasteiger partial charge in [-0.15, -0.1) is 0 Å². The Morgan fingerprint density at radius 2 is 1.68 bits per heavy atom. The van der Waals surface area contributed by atoms with E-state index in [0.717, 1.165) is 11.1 Å². The summed E-state index contributed by atoms with van der Waals surface area (Å²) in [4.78, 5) is 44.2. The van der Waals surface area contributed by atoms with Gasteiger partial charge < -0.3 is 15.9 Å². The van der Waals surface area contributed by atoms with Gasteiger partial charge >= 0.3 is 12.1 Å². The number of benzene rings is 2. The molecule has 1 saturated heterocycles. The van der Waals surface area contributed by atoms with E-state index in [4.69, 9.17) is 10.6 Å². The molecule has 1 aliphatic heterocycles. The van der Waals surface area contributed by atoms with Crippen LogP contribution < -0.4 is 11.1 Å². The van der Waals surface area contributed by atoms with Crippen LogP contribution in [0, 0.1) is 12.3 Å². The second-order valence-corrected chi connectivity index (χ2v) is 9.55. The number of Topliss-reactive ketones (excluding diaryl/α,β-unsaturated/α-hetero) is 1. The van der Waals surface area contributed by atoms with Crippen LogP contribution >= 0.6 is 12.6 Å². The number of halogens is 3. The van der Waals surface area contributed by atoms with E-state index in [1.807, 2.05) is 31.2 Å². The average molecular weight is 538 g/mol. The van der Waals surface area contributed by atoms with Crippen LogP contribution in [0.2, 0.25) is 0 Å². The lowest BCUT2D eigenvalue weighted by Gasteiger charge is -2.47. The van der Waals surface area contributed by atoms with Crippen molar-refractivity contribution in [2.45, 2.75) is 44.4 Å². The Kier molecular flexibility index (Phi) is 9.38.